The van der Waals surface area contributed by atoms with Crippen LogP contribution in [-0.2, 0) is 0 Å². The molecule has 0 radical (unpaired) electrons. The summed E-state index contributed by atoms with van der Waals surface area (Å²) in [5, 5.41) is 3.84. The first-order valence-electron chi connectivity index (χ1n) is 5.88. The van der Waals surface area contributed by atoms with Crippen LogP contribution in [0.1, 0.15) is 32.3 Å². The second-order valence-electron chi connectivity index (χ2n) is 4.55. The van der Waals surface area contributed by atoms with Gasteiger partial charge < -0.3 is 0 Å². The lowest BCUT2D eigenvalue weighted by atomic mass is 10.0. The highest BCUT2D eigenvalue weighted by Gasteiger charge is 2.05. The summed E-state index contributed by atoms with van der Waals surface area (Å²) in [6.07, 6.45) is 5.61. The first-order valence-corrected chi connectivity index (χ1v) is 6.26. The van der Waals surface area contributed by atoms with Crippen molar-refractivity contribution in [3.63, 3.8) is 0 Å². The minimum absolute atomic E-state index is 0.229. The Morgan fingerprint density at radius 3 is 2.41 bits per heavy atom. The lowest BCUT2D eigenvalue weighted by Crippen LogP contribution is -2.01. The molecule has 0 spiro atoms. The Kier molecular flexibility index (Phi) is 5.92. The van der Waals surface area contributed by atoms with Gasteiger partial charge in [-0.3, -0.25) is 0 Å². The van der Waals surface area contributed by atoms with E-state index in [0.29, 0.717) is 10.9 Å². The van der Waals surface area contributed by atoms with E-state index in [0.717, 1.165) is 18.4 Å². The highest BCUT2D eigenvalue weighted by Crippen LogP contribution is 2.14. The normalized spacial score (nSPS) is 13.2. The molecule has 1 rings (SSSR count). The van der Waals surface area contributed by atoms with E-state index >= 15 is 0 Å². The zero-order valence-corrected chi connectivity index (χ0v) is 11.0. The molecule has 0 aromatic heterocycles. The highest BCUT2D eigenvalue weighted by atomic mass is 35.5. The molecule has 0 fully saturated rings. The van der Waals surface area contributed by atoms with E-state index in [1.807, 2.05) is 36.4 Å². The van der Waals surface area contributed by atoms with Crippen LogP contribution in [0.2, 0.25) is 5.02 Å². The minimum Gasteiger partial charge on any atom is -0.150 e. The van der Waals surface area contributed by atoms with Crippen LogP contribution in [0.25, 0.3) is 6.08 Å². The van der Waals surface area contributed by atoms with Crippen LogP contribution in [0.5, 0.6) is 0 Å². The van der Waals surface area contributed by atoms with Gasteiger partial charge in [0, 0.05) is 5.02 Å². The maximum Gasteiger partial charge on any atom is 0.110 e. The van der Waals surface area contributed by atoms with Gasteiger partial charge in [0.15, 0.2) is 0 Å². The molecule has 1 aromatic carbocycles. The molecule has 1 aromatic rings. The van der Waals surface area contributed by atoms with E-state index in [4.69, 9.17) is 11.6 Å². The number of nitrogens with zero attached hydrogens (tertiary/aromatic N) is 1. The molecule has 0 bridgehead atoms. The quantitative estimate of drug-likeness (QED) is 0.660. The molecular weight excluding hydrogens is 234 g/mol. The summed E-state index contributed by atoms with van der Waals surface area (Å²) in [4.78, 5) is 10.7. The molecule has 3 heteroatoms. The summed E-state index contributed by atoms with van der Waals surface area (Å²) in [7, 11) is 0. The molecule has 1 unspecified atom stereocenters. The summed E-state index contributed by atoms with van der Waals surface area (Å²) in [6.45, 7) is 4.29. The van der Waals surface area contributed by atoms with E-state index in [1.165, 1.54) is 0 Å². The maximum atomic E-state index is 10.7. The lowest BCUT2D eigenvalue weighted by molar-refractivity contribution is 0.532. The Morgan fingerprint density at radius 1 is 1.24 bits per heavy atom. The van der Waals surface area contributed by atoms with E-state index in [-0.39, 0.29) is 6.04 Å². The van der Waals surface area contributed by atoms with Gasteiger partial charge in [-0.15, -0.1) is 0 Å². The molecule has 0 saturated heterocycles. The largest absolute Gasteiger partial charge is 0.150 e. The lowest BCUT2D eigenvalue weighted by Gasteiger charge is -2.06. The zero-order valence-electron chi connectivity index (χ0n) is 10.3. The number of benzene rings is 1. The van der Waals surface area contributed by atoms with Crippen LogP contribution in [0.3, 0.4) is 0 Å². The number of rotatable bonds is 6. The van der Waals surface area contributed by atoms with E-state index in [9.17, 15) is 4.91 Å². The Morgan fingerprint density at radius 2 is 1.88 bits per heavy atom. The molecule has 0 aliphatic rings. The Bertz CT molecular complexity index is 370. The molecule has 0 N–H and O–H groups in total. The fourth-order valence-electron chi connectivity index (χ4n) is 1.48. The summed E-state index contributed by atoms with van der Waals surface area (Å²) < 4.78 is 0. The molecule has 92 valence electrons. The first kappa shape index (κ1) is 13.9. The van der Waals surface area contributed by atoms with E-state index in [2.05, 4.69) is 19.0 Å². The van der Waals surface area contributed by atoms with Gasteiger partial charge in [0.1, 0.15) is 6.04 Å². The van der Waals surface area contributed by atoms with Gasteiger partial charge >= 0.3 is 0 Å². The second kappa shape index (κ2) is 7.23. The van der Waals surface area contributed by atoms with Crippen LogP contribution in [0.15, 0.2) is 35.5 Å². The molecule has 0 aliphatic heterocycles. The van der Waals surface area contributed by atoms with E-state index < -0.39 is 0 Å². The Hall–Kier alpha value is -1.15. The van der Waals surface area contributed by atoms with Crippen molar-refractivity contribution in [2.24, 2.45) is 11.1 Å². The molecule has 0 aliphatic carbocycles. The fourth-order valence-corrected chi connectivity index (χ4v) is 1.61. The topological polar surface area (TPSA) is 29.4 Å². The standard InChI is InChI=1S/C14H18ClNO/c1-11(2)3-9-14(16-17)10-6-12-4-7-13(15)8-5-12/h4-8,10-11,14H,3,9H2,1-2H3. The van der Waals surface area contributed by atoms with Gasteiger partial charge in [0.05, 0.1) is 0 Å². The third-order valence-corrected chi connectivity index (χ3v) is 2.81. The van der Waals surface area contributed by atoms with Crippen molar-refractivity contribution in [1.29, 1.82) is 0 Å². The molecule has 0 amide bonds. The van der Waals surface area contributed by atoms with E-state index in [1.54, 1.807) is 0 Å². The average molecular weight is 252 g/mol. The van der Waals surface area contributed by atoms with Crippen LogP contribution < -0.4 is 0 Å². The monoisotopic (exact) mass is 251 g/mol. The van der Waals surface area contributed by atoms with Crippen molar-refractivity contribution >= 4 is 17.7 Å². The molecule has 17 heavy (non-hydrogen) atoms. The van der Waals surface area contributed by atoms with Crippen molar-refractivity contribution < 1.29 is 0 Å². The maximum absolute atomic E-state index is 10.7. The number of nitroso groups, excluding NO2 is 1. The smallest absolute Gasteiger partial charge is 0.110 e. The van der Waals surface area contributed by atoms with Crippen LogP contribution in [0.4, 0.5) is 0 Å². The van der Waals surface area contributed by atoms with Gasteiger partial charge in [-0.05, 0) is 36.5 Å². The number of hydrogen-bond donors (Lipinski definition) is 0. The molecular formula is C14H18ClNO. The predicted octanol–water partition coefficient (Wildman–Crippen LogP) is 4.92. The Balaban J connectivity index is 2.55. The number of halogens is 1. The van der Waals surface area contributed by atoms with Gasteiger partial charge in [0.25, 0.3) is 0 Å². The molecule has 2 nitrogen and oxygen atoms in total. The van der Waals surface area contributed by atoms with Crippen molar-refractivity contribution in [3.8, 4) is 0 Å². The van der Waals surface area contributed by atoms with Crippen molar-refractivity contribution in [2.45, 2.75) is 32.7 Å². The van der Waals surface area contributed by atoms with Crippen LogP contribution >= 0.6 is 11.6 Å². The van der Waals surface area contributed by atoms with Gasteiger partial charge in [-0.1, -0.05) is 54.9 Å². The van der Waals surface area contributed by atoms with Crippen molar-refractivity contribution in [3.05, 3.63) is 45.8 Å². The van der Waals surface area contributed by atoms with Gasteiger partial charge in [0.2, 0.25) is 0 Å². The average Bonchev–Trinajstić information content (AvgIpc) is 2.31. The van der Waals surface area contributed by atoms with Gasteiger partial charge in [-0.2, -0.15) is 4.91 Å². The fraction of sp³-hybridized carbons (Fsp3) is 0.429. The predicted molar refractivity (Wildman–Crippen MR) is 74.1 cm³/mol. The zero-order chi connectivity index (χ0) is 12.7. The summed E-state index contributed by atoms with van der Waals surface area (Å²) in [5.74, 6) is 0.600. The molecule has 1 atom stereocenters. The third kappa shape index (κ3) is 5.64. The van der Waals surface area contributed by atoms with Gasteiger partial charge in [-0.25, -0.2) is 0 Å². The first-order chi connectivity index (χ1) is 8.11. The van der Waals surface area contributed by atoms with Crippen LogP contribution in [0, 0.1) is 10.8 Å². The Labute approximate surface area is 108 Å². The van der Waals surface area contributed by atoms with Crippen molar-refractivity contribution in [1.82, 2.24) is 0 Å². The molecule has 0 saturated carbocycles. The number of hydrogen-bond acceptors (Lipinski definition) is 2. The second-order valence-corrected chi connectivity index (χ2v) is 4.99. The van der Waals surface area contributed by atoms with Crippen LogP contribution in [-0.4, -0.2) is 6.04 Å². The minimum atomic E-state index is -0.229. The third-order valence-electron chi connectivity index (χ3n) is 2.56. The summed E-state index contributed by atoms with van der Waals surface area (Å²) in [6, 6.07) is 7.28. The highest BCUT2D eigenvalue weighted by molar-refractivity contribution is 6.30. The summed E-state index contributed by atoms with van der Waals surface area (Å²) >= 11 is 5.79. The SMILES string of the molecule is CC(C)CCC(C=Cc1ccc(Cl)cc1)N=O. The summed E-state index contributed by atoms with van der Waals surface area (Å²) in [5.41, 5.74) is 1.03. The molecule has 0 heterocycles. The van der Waals surface area contributed by atoms with Crippen molar-refractivity contribution in [2.75, 3.05) is 0 Å².